The van der Waals surface area contributed by atoms with E-state index in [9.17, 15) is 24.9 Å². The molecular weight excluding hydrogens is 390 g/mol. The molecule has 0 spiro atoms. The first-order valence-electron chi connectivity index (χ1n) is 8.38. The van der Waals surface area contributed by atoms with E-state index in [4.69, 9.17) is 10.5 Å². The minimum absolute atomic E-state index is 0.0127. The number of hydrogen-bond donors (Lipinski definition) is 4. The fraction of sp³-hybridized carbons (Fsp3) is 0.375. The minimum atomic E-state index is -1.09. The number of imidazole rings is 1. The van der Waals surface area contributed by atoms with E-state index in [1.54, 1.807) is 5.38 Å². The van der Waals surface area contributed by atoms with E-state index in [1.165, 1.54) is 32.7 Å². The molecule has 4 rings (SSSR count). The zero-order valence-electron chi connectivity index (χ0n) is 14.4. The summed E-state index contributed by atoms with van der Waals surface area (Å²) in [6.45, 7) is -0.309. The number of aromatic nitrogens is 4. The zero-order chi connectivity index (χ0) is 20.0. The minimum Gasteiger partial charge on any atom is -0.478 e. The lowest BCUT2D eigenvalue weighted by Crippen LogP contribution is -2.32. The van der Waals surface area contributed by atoms with Gasteiger partial charge in [-0.15, -0.1) is 11.3 Å². The lowest BCUT2D eigenvalue weighted by atomic mass is 10.2. The van der Waals surface area contributed by atoms with Crippen LogP contribution in [0.3, 0.4) is 0 Å². The van der Waals surface area contributed by atoms with Crippen LogP contribution in [0.1, 0.15) is 27.9 Å². The van der Waals surface area contributed by atoms with E-state index in [0.717, 1.165) is 0 Å². The average Bonchev–Trinajstić information content (AvgIpc) is 3.33. The summed E-state index contributed by atoms with van der Waals surface area (Å²) in [6, 6.07) is 1.47. The Bertz CT molecular complexity index is 1100. The van der Waals surface area contributed by atoms with Crippen LogP contribution >= 0.6 is 11.3 Å². The van der Waals surface area contributed by atoms with E-state index in [0.29, 0.717) is 10.4 Å². The molecule has 12 heteroatoms. The van der Waals surface area contributed by atoms with Gasteiger partial charge in [0.05, 0.1) is 31.0 Å². The molecule has 1 fully saturated rings. The van der Waals surface area contributed by atoms with Gasteiger partial charge in [0.15, 0.2) is 11.9 Å². The lowest BCUT2D eigenvalue weighted by Gasteiger charge is -2.15. The predicted octanol–water partition coefficient (Wildman–Crippen LogP) is -0.376. The van der Waals surface area contributed by atoms with Crippen molar-refractivity contribution < 1.29 is 24.9 Å². The number of thiophene rings is 1. The van der Waals surface area contributed by atoms with Crippen molar-refractivity contribution in [2.45, 2.75) is 31.4 Å². The number of ether oxygens (including phenoxy) is 1. The van der Waals surface area contributed by atoms with Gasteiger partial charge in [0, 0.05) is 11.3 Å². The molecule has 0 saturated carbocycles. The summed E-state index contributed by atoms with van der Waals surface area (Å²) < 4.78 is 8.09. The third kappa shape index (κ3) is 2.96. The molecule has 1 saturated heterocycles. The number of rotatable bonds is 5. The first-order valence-corrected chi connectivity index (χ1v) is 9.26. The molecule has 0 unspecified atom stereocenters. The first-order chi connectivity index (χ1) is 13.4. The molecular formula is C16H17N5O6S. The Labute approximate surface area is 161 Å². The van der Waals surface area contributed by atoms with Gasteiger partial charge >= 0.3 is 11.7 Å². The highest BCUT2D eigenvalue weighted by Crippen LogP contribution is 2.30. The van der Waals surface area contributed by atoms with E-state index in [1.807, 2.05) is 0 Å². The van der Waals surface area contributed by atoms with Crippen molar-refractivity contribution in [3.8, 4) is 0 Å². The predicted molar refractivity (Wildman–Crippen MR) is 98.2 cm³/mol. The number of aliphatic hydroxyl groups is 2. The highest BCUT2D eigenvalue weighted by atomic mass is 32.1. The average molecular weight is 407 g/mol. The number of carboxylic acids is 1. The van der Waals surface area contributed by atoms with Gasteiger partial charge in [0.1, 0.15) is 11.6 Å². The van der Waals surface area contributed by atoms with Crippen LogP contribution < -0.4 is 11.4 Å². The molecule has 148 valence electrons. The smallest absolute Gasteiger partial charge is 0.336 e. The number of aliphatic hydroxyl groups excluding tert-OH is 2. The third-order valence-electron chi connectivity index (χ3n) is 4.63. The lowest BCUT2D eigenvalue weighted by molar-refractivity contribution is -0.0505. The fourth-order valence-electron chi connectivity index (χ4n) is 3.33. The molecule has 0 amide bonds. The summed E-state index contributed by atoms with van der Waals surface area (Å²) in [5.41, 5.74) is 5.71. The van der Waals surface area contributed by atoms with Crippen LogP contribution in [-0.2, 0) is 11.3 Å². The maximum atomic E-state index is 13.2. The zero-order valence-corrected chi connectivity index (χ0v) is 15.2. The number of nitrogens with two attached hydrogens (primary N) is 1. The summed E-state index contributed by atoms with van der Waals surface area (Å²) in [7, 11) is 0. The van der Waals surface area contributed by atoms with Crippen molar-refractivity contribution >= 4 is 34.4 Å². The third-order valence-corrected chi connectivity index (χ3v) is 5.53. The number of carbonyl (C=O) groups is 1. The van der Waals surface area contributed by atoms with Crippen molar-refractivity contribution in [2.75, 3.05) is 12.3 Å². The Kier molecular flexibility index (Phi) is 4.63. The van der Waals surface area contributed by atoms with Crippen molar-refractivity contribution in [1.82, 2.24) is 19.1 Å². The van der Waals surface area contributed by atoms with Crippen LogP contribution in [0.5, 0.6) is 0 Å². The SMILES string of the molecule is Nc1ncc2c(n1)n([C@@H]1O[C@H](CO)C[C@H]1O)c(=O)n2Cc1sccc1C(=O)O. The Balaban J connectivity index is 1.87. The summed E-state index contributed by atoms with van der Waals surface area (Å²) >= 11 is 1.21. The van der Waals surface area contributed by atoms with Gasteiger partial charge in [-0.1, -0.05) is 0 Å². The second-order valence-corrected chi connectivity index (χ2v) is 7.37. The number of aromatic carboxylic acids is 1. The second kappa shape index (κ2) is 6.98. The molecule has 0 aliphatic carbocycles. The van der Waals surface area contributed by atoms with Crippen molar-refractivity contribution in [2.24, 2.45) is 0 Å². The van der Waals surface area contributed by atoms with Crippen LogP contribution in [0, 0.1) is 0 Å². The van der Waals surface area contributed by atoms with Gasteiger partial charge in [0.2, 0.25) is 5.95 Å². The van der Waals surface area contributed by atoms with Crippen LogP contribution in [0.2, 0.25) is 0 Å². The molecule has 3 aromatic heterocycles. The number of hydrogen-bond acceptors (Lipinski definition) is 9. The molecule has 11 nitrogen and oxygen atoms in total. The molecule has 0 aromatic carbocycles. The molecule has 28 heavy (non-hydrogen) atoms. The summed E-state index contributed by atoms with van der Waals surface area (Å²) in [5, 5.41) is 30.6. The van der Waals surface area contributed by atoms with Crippen LogP contribution in [0.25, 0.3) is 11.2 Å². The van der Waals surface area contributed by atoms with Crippen molar-refractivity contribution in [3.05, 3.63) is 38.6 Å². The largest absolute Gasteiger partial charge is 0.478 e. The van der Waals surface area contributed by atoms with E-state index in [-0.39, 0.29) is 36.7 Å². The van der Waals surface area contributed by atoms with Gasteiger partial charge in [0.25, 0.3) is 0 Å². The maximum absolute atomic E-state index is 13.2. The van der Waals surface area contributed by atoms with Crippen molar-refractivity contribution in [3.63, 3.8) is 0 Å². The monoisotopic (exact) mass is 407 g/mol. The maximum Gasteiger partial charge on any atom is 0.336 e. The number of nitrogens with zero attached hydrogens (tertiary/aromatic N) is 4. The van der Waals surface area contributed by atoms with Gasteiger partial charge in [-0.25, -0.2) is 19.1 Å². The molecule has 1 aliphatic heterocycles. The second-order valence-electron chi connectivity index (χ2n) is 6.37. The molecule has 1 aliphatic rings. The Hall–Kier alpha value is -2.80. The number of nitrogen functional groups attached to an aromatic ring is 1. The highest BCUT2D eigenvalue weighted by Gasteiger charge is 2.38. The number of fused-ring (bicyclic) bond motifs is 1. The standard InChI is InChI=1S/C16H17N5O6S/c17-15-18-4-9-12(19-15)21(13-10(23)3-7(6-22)27-13)16(26)20(9)5-11-8(14(24)25)1-2-28-11/h1-2,4,7,10,13,22-23H,3,5-6H2,(H,24,25)(H2,17,18,19)/t7-,10+,13+/m0/s1. The van der Waals surface area contributed by atoms with Crippen molar-refractivity contribution in [1.29, 1.82) is 0 Å². The van der Waals surface area contributed by atoms with Crippen LogP contribution in [-0.4, -0.2) is 59.2 Å². The van der Waals surface area contributed by atoms with E-state index >= 15 is 0 Å². The molecule has 5 N–H and O–H groups in total. The Morgan fingerprint density at radius 2 is 2.25 bits per heavy atom. The number of anilines is 1. The normalized spacial score (nSPS) is 22.1. The Morgan fingerprint density at radius 1 is 1.46 bits per heavy atom. The molecule has 0 bridgehead atoms. The first kappa shape index (κ1) is 18.6. The molecule has 3 aromatic rings. The summed E-state index contributed by atoms with van der Waals surface area (Å²) in [5.74, 6) is -1.15. The molecule has 3 atom stereocenters. The number of carboxylic acid groups (broad SMARTS) is 1. The van der Waals surface area contributed by atoms with E-state index < -0.39 is 30.1 Å². The van der Waals surface area contributed by atoms with Gasteiger partial charge in [-0.2, -0.15) is 4.98 Å². The van der Waals surface area contributed by atoms with E-state index in [2.05, 4.69) is 9.97 Å². The summed E-state index contributed by atoms with van der Waals surface area (Å²) in [6.07, 6.45) is -1.16. The quantitative estimate of drug-likeness (QED) is 0.441. The van der Waals surface area contributed by atoms with Gasteiger partial charge in [-0.05, 0) is 11.4 Å². The topological polar surface area (TPSA) is 166 Å². The van der Waals surface area contributed by atoms with Crippen LogP contribution in [0.4, 0.5) is 5.95 Å². The molecule has 4 heterocycles. The van der Waals surface area contributed by atoms with Crippen LogP contribution in [0.15, 0.2) is 22.4 Å². The molecule has 0 radical (unpaired) electrons. The van der Waals surface area contributed by atoms with Gasteiger partial charge in [-0.3, -0.25) is 4.57 Å². The van der Waals surface area contributed by atoms with Gasteiger partial charge < -0.3 is 25.8 Å². The summed E-state index contributed by atoms with van der Waals surface area (Å²) in [4.78, 5) is 33.1. The highest BCUT2D eigenvalue weighted by molar-refractivity contribution is 7.10. The fourth-order valence-corrected chi connectivity index (χ4v) is 4.18. The Morgan fingerprint density at radius 3 is 2.93 bits per heavy atom.